The zero-order valence-corrected chi connectivity index (χ0v) is 12.4. The molecule has 0 heterocycles. The van der Waals surface area contributed by atoms with Gasteiger partial charge in [0.15, 0.2) is 0 Å². The van der Waals surface area contributed by atoms with Gasteiger partial charge in [-0.3, -0.25) is 4.79 Å². The lowest BCUT2D eigenvalue weighted by molar-refractivity contribution is -0.146. The van der Waals surface area contributed by atoms with E-state index in [9.17, 15) is 9.59 Å². The molecule has 1 N–H and O–H groups in total. The van der Waals surface area contributed by atoms with E-state index in [1.165, 1.54) is 12.7 Å². The van der Waals surface area contributed by atoms with E-state index in [1.54, 1.807) is 0 Å². The van der Waals surface area contributed by atoms with Gasteiger partial charge in [0.2, 0.25) is 5.91 Å². The molecule has 0 spiro atoms. The first-order chi connectivity index (χ1) is 9.54. The average Bonchev–Trinajstić information content (AvgIpc) is 2.45. The van der Waals surface area contributed by atoms with Crippen molar-refractivity contribution in [3.8, 4) is 0 Å². The van der Waals surface area contributed by atoms with Crippen molar-refractivity contribution < 1.29 is 14.3 Å². The van der Waals surface area contributed by atoms with Crippen LogP contribution in [0.2, 0.25) is 0 Å². The SMILES string of the molecule is COC(=O)C(NC(=O)CCCc1ccccc1)C(C)C. The van der Waals surface area contributed by atoms with Crippen molar-refractivity contribution in [1.82, 2.24) is 5.32 Å². The van der Waals surface area contributed by atoms with Gasteiger partial charge in [0.25, 0.3) is 0 Å². The predicted octanol–water partition coefficient (Wildman–Crippen LogP) is 2.32. The third-order valence-electron chi connectivity index (χ3n) is 3.15. The van der Waals surface area contributed by atoms with Gasteiger partial charge in [0, 0.05) is 6.42 Å². The number of ether oxygens (including phenoxy) is 1. The molecule has 0 radical (unpaired) electrons. The van der Waals surface area contributed by atoms with Gasteiger partial charge in [-0.25, -0.2) is 4.79 Å². The predicted molar refractivity (Wildman–Crippen MR) is 78.2 cm³/mol. The Morgan fingerprint density at radius 3 is 2.40 bits per heavy atom. The fourth-order valence-electron chi connectivity index (χ4n) is 1.97. The van der Waals surface area contributed by atoms with E-state index in [4.69, 9.17) is 4.74 Å². The maximum Gasteiger partial charge on any atom is 0.328 e. The van der Waals surface area contributed by atoms with Crippen LogP contribution in [0, 0.1) is 5.92 Å². The number of aryl methyl sites for hydroxylation is 1. The molecule has 1 rings (SSSR count). The summed E-state index contributed by atoms with van der Waals surface area (Å²) in [6.45, 7) is 3.76. The fourth-order valence-corrected chi connectivity index (χ4v) is 1.97. The van der Waals surface area contributed by atoms with Crippen molar-refractivity contribution in [2.75, 3.05) is 7.11 Å². The number of carbonyl (C=O) groups is 2. The lowest BCUT2D eigenvalue weighted by Crippen LogP contribution is -2.44. The van der Waals surface area contributed by atoms with Gasteiger partial charge in [-0.2, -0.15) is 0 Å². The molecule has 1 aromatic rings. The molecule has 1 aromatic carbocycles. The van der Waals surface area contributed by atoms with Crippen LogP contribution in [-0.4, -0.2) is 25.0 Å². The lowest BCUT2D eigenvalue weighted by atomic mass is 10.0. The molecule has 0 aliphatic carbocycles. The van der Waals surface area contributed by atoms with Gasteiger partial charge < -0.3 is 10.1 Å². The smallest absolute Gasteiger partial charge is 0.328 e. The largest absolute Gasteiger partial charge is 0.467 e. The zero-order chi connectivity index (χ0) is 15.0. The summed E-state index contributed by atoms with van der Waals surface area (Å²) in [5.74, 6) is -0.484. The summed E-state index contributed by atoms with van der Waals surface area (Å²) in [7, 11) is 1.33. The molecule has 0 fully saturated rings. The lowest BCUT2D eigenvalue weighted by Gasteiger charge is -2.19. The number of carbonyl (C=O) groups excluding carboxylic acids is 2. The van der Waals surface area contributed by atoms with Crippen molar-refractivity contribution in [3.05, 3.63) is 35.9 Å². The van der Waals surface area contributed by atoms with Gasteiger partial charge in [-0.15, -0.1) is 0 Å². The Morgan fingerprint density at radius 2 is 1.85 bits per heavy atom. The van der Waals surface area contributed by atoms with Crippen LogP contribution in [0.3, 0.4) is 0 Å². The van der Waals surface area contributed by atoms with E-state index in [1.807, 2.05) is 44.2 Å². The molecule has 110 valence electrons. The molecule has 1 atom stereocenters. The molecular formula is C16H23NO3. The number of rotatable bonds is 7. The maximum absolute atomic E-state index is 11.8. The summed E-state index contributed by atoms with van der Waals surface area (Å²) in [5, 5.41) is 2.74. The van der Waals surface area contributed by atoms with Gasteiger partial charge >= 0.3 is 5.97 Å². The minimum atomic E-state index is -0.566. The van der Waals surface area contributed by atoms with Gasteiger partial charge in [0.1, 0.15) is 6.04 Å². The first kappa shape index (κ1) is 16.2. The van der Waals surface area contributed by atoms with Gasteiger partial charge in [-0.1, -0.05) is 44.2 Å². The number of methoxy groups -OCH3 is 1. The van der Waals surface area contributed by atoms with Crippen molar-refractivity contribution in [3.63, 3.8) is 0 Å². The van der Waals surface area contributed by atoms with Crippen molar-refractivity contribution >= 4 is 11.9 Å². The summed E-state index contributed by atoms with van der Waals surface area (Å²) in [5.41, 5.74) is 1.22. The molecule has 0 saturated heterocycles. The normalized spacial score (nSPS) is 12.0. The second kappa shape index (κ2) is 8.35. The summed E-state index contributed by atoms with van der Waals surface area (Å²) in [6.07, 6.45) is 2.04. The topological polar surface area (TPSA) is 55.4 Å². The third-order valence-corrected chi connectivity index (χ3v) is 3.15. The van der Waals surface area contributed by atoms with Crippen LogP contribution in [0.4, 0.5) is 0 Å². The van der Waals surface area contributed by atoms with Crippen LogP contribution >= 0.6 is 0 Å². The van der Waals surface area contributed by atoms with Crippen LogP contribution < -0.4 is 5.32 Å². The minimum Gasteiger partial charge on any atom is -0.467 e. The summed E-state index contributed by atoms with van der Waals surface area (Å²) in [6, 6.07) is 9.47. The van der Waals surface area contributed by atoms with Crippen LogP contribution in [0.25, 0.3) is 0 Å². The van der Waals surface area contributed by atoms with Gasteiger partial charge in [-0.05, 0) is 24.3 Å². The zero-order valence-electron chi connectivity index (χ0n) is 12.4. The quantitative estimate of drug-likeness (QED) is 0.778. The molecule has 1 unspecified atom stereocenters. The molecule has 0 saturated carbocycles. The Bertz CT molecular complexity index is 429. The molecule has 0 aromatic heterocycles. The van der Waals surface area contributed by atoms with E-state index in [2.05, 4.69) is 5.32 Å². The fraction of sp³-hybridized carbons (Fsp3) is 0.500. The molecule has 0 aliphatic heterocycles. The highest BCUT2D eigenvalue weighted by Crippen LogP contribution is 2.07. The maximum atomic E-state index is 11.8. The molecule has 4 heteroatoms. The van der Waals surface area contributed by atoms with Gasteiger partial charge in [0.05, 0.1) is 7.11 Å². The summed E-state index contributed by atoms with van der Waals surface area (Å²) < 4.78 is 4.69. The van der Waals surface area contributed by atoms with Crippen molar-refractivity contribution in [2.24, 2.45) is 5.92 Å². The third kappa shape index (κ3) is 5.43. The average molecular weight is 277 g/mol. The Kier molecular flexibility index (Phi) is 6.77. The number of hydrogen-bond acceptors (Lipinski definition) is 3. The monoisotopic (exact) mass is 277 g/mol. The van der Waals surface area contributed by atoms with E-state index in [0.29, 0.717) is 6.42 Å². The summed E-state index contributed by atoms with van der Waals surface area (Å²) in [4.78, 5) is 23.4. The van der Waals surface area contributed by atoms with E-state index < -0.39 is 12.0 Å². The summed E-state index contributed by atoms with van der Waals surface area (Å²) >= 11 is 0. The highest BCUT2D eigenvalue weighted by molar-refractivity contribution is 5.84. The number of benzene rings is 1. The van der Waals surface area contributed by atoms with Crippen LogP contribution in [0.5, 0.6) is 0 Å². The van der Waals surface area contributed by atoms with Crippen molar-refractivity contribution in [1.29, 1.82) is 0 Å². The van der Waals surface area contributed by atoms with E-state index in [0.717, 1.165) is 12.8 Å². The second-order valence-electron chi connectivity index (χ2n) is 5.15. The molecule has 0 aliphatic rings. The second-order valence-corrected chi connectivity index (χ2v) is 5.15. The molecule has 20 heavy (non-hydrogen) atoms. The highest BCUT2D eigenvalue weighted by Gasteiger charge is 2.24. The van der Waals surface area contributed by atoms with E-state index >= 15 is 0 Å². The Morgan fingerprint density at radius 1 is 1.20 bits per heavy atom. The number of esters is 1. The van der Waals surface area contributed by atoms with Crippen LogP contribution in [0.15, 0.2) is 30.3 Å². The van der Waals surface area contributed by atoms with E-state index in [-0.39, 0.29) is 11.8 Å². The molecule has 0 bridgehead atoms. The first-order valence-electron chi connectivity index (χ1n) is 6.95. The Hall–Kier alpha value is -1.84. The standard InChI is InChI=1S/C16H23NO3/c1-12(2)15(16(19)20-3)17-14(18)11-7-10-13-8-5-4-6-9-13/h4-6,8-9,12,15H,7,10-11H2,1-3H3,(H,17,18). The first-order valence-corrected chi connectivity index (χ1v) is 6.95. The number of nitrogens with one attached hydrogen (secondary N) is 1. The van der Waals surface area contributed by atoms with Crippen LogP contribution in [-0.2, 0) is 20.7 Å². The molecule has 4 nitrogen and oxygen atoms in total. The Labute approximate surface area is 120 Å². The van der Waals surface area contributed by atoms with Crippen LogP contribution in [0.1, 0.15) is 32.3 Å². The minimum absolute atomic E-state index is 0.0144. The number of amides is 1. The highest BCUT2D eigenvalue weighted by atomic mass is 16.5. The van der Waals surface area contributed by atoms with Crippen molar-refractivity contribution in [2.45, 2.75) is 39.2 Å². The number of hydrogen-bond donors (Lipinski definition) is 1. The molecule has 1 amide bonds. The Balaban J connectivity index is 2.37. The molecular weight excluding hydrogens is 254 g/mol.